The Balaban J connectivity index is 1.25. The Morgan fingerprint density at radius 3 is 1.92 bits per heavy atom. The predicted molar refractivity (Wildman–Crippen MR) is 145 cm³/mol. The van der Waals surface area contributed by atoms with E-state index < -0.39 is 24.1 Å². The fourth-order valence-electron chi connectivity index (χ4n) is 4.82. The van der Waals surface area contributed by atoms with Gasteiger partial charge in [-0.3, -0.25) is 0 Å². The zero-order chi connectivity index (χ0) is 27.2. The van der Waals surface area contributed by atoms with Crippen molar-refractivity contribution in [1.82, 2.24) is 5.32 Å². The first-order valence-electron chi connectivity index (χ1n) is 12.6. The second-order valence-electron chi connectivity index (χ2n) is 9.32. The molecule has 0 fully saturated rings. The average molecular weight is 522 g/mol. The Hall–Kier alpha value is -4.91. The molecule has 0 bridgehead atoms. The Bertz CT molecular complexity index is 1440. The summed E-state index contributed by atoms with van der Waals surface area (Å²) in [6.07, 6.45) is -0.484. The summed E-state index contributed by atoms with van der Waals surface area (Å²) in [5, 5.41) is 11.7. The molecule has 0 unspecified atom stereocenters. The summed E-state index contributed by atoms with van der Waals surface area (Å²) >= 11 is 0. The second kappa shape index (κ2) is 11.6. The fraction of sp³-hybridized carbons (Fsp3) is 0.156. The molecule has 0 heterocycles. The van der Waals surface area contributed by atoms with E-state index in [0.717, 1.165) is 27.8 Å². The molecule has 0 spiro atoms. The SMILES string of the molecule is O=C(N[C@@H](Cc1ccccc1)C(=O)OCc1ccc(C(=O)O)cc1)OCC1c2ccccc2-c2ccccc21. The van der Waals surface area contributed by atoms with Crippen LogP contribution in [0.2, 0.25) is 0 Å². The summed E-state index contributed by atoms with van der Waals surface area (Å²) in [5.41, 5.74) is 6.08. The van der Waals surface area contributed by atoms with E-state index >= 15 is 0 Å². The van der Waals surface area contributed by atoms with Crippen LogP contribution in [0.3, 0.4) is 0 Å². The van der Waals surface area contributed by atoms with Crippen molar-refractivity contribution < 1.29 is 29.0 Å². The molecule has 1 amide bonds. The highest BCUT2D eigenvalue weighted by atomic mass is 16.6. The molecule has 7 nitrogen and oxygen atoms in total. The van der Waals surface area contributed by atoms with E-state index in [4.69, 9.17) is 14.6 Å². The number of aromatic carboxylic acids is 1. The van der Waals surface area contributed by atoms with Crippen LogP contribution >= 0.6 is 0 Å². The quantitative estimate of drug-likeness (QED) is 0.279. The van der Waals surface area contributed by atoms with Gasteiger partial charge in [-0.1, -0.05) is 91.0 Å². The number of carbonyl (C=O) groups is 3. The average Bonchev–Trinajstić information content (AvgIpc) is 3.29. The van der Waals surface area contributed by atoms with Crippen molar-refractivity contribution in [1.29, 1.82) is 0 Å². The number of fused-ring (bicyclic) bond motifs is 3. The molecule has 0 aromatic heterocycles. The van der Waals surface area contributed by atoms with Crippen LogP contribution in [0.5, 0.6) is 0 Å². The molecule has 39 heavy (non-hydrogen) atoms. The number of esters is 1. The van der Waals surface area contributed by atoms with Gasteiger partial charge in [0.05, 0.1) is 5.56 Å². The summed E-state index contributed by atoms with van der Waals surface area (Å²) < 4.78 is 11.1. The normalized spacial score (nSPS) is 12.6. The minimum absolute atomic E-state index is 0.0591. The van der Waals surface area contributed by atoms with Crippen molar-refractivity contribution in [2.75, 3.05) is 6.61 Å². The summed E-state index contributed by atoms with van der Waals surface area (Å²) in [5.74, 6) is -1.75. The van der Waals surface area contributed by atoms with Crippen molar-refractivity contribution in [3.05, 3.63) is 131 Å². The van der Waals surface area contributed by atoms with Gasteiger partial charge in [-0.15, -0.1) is 0 Å². The van der Waals surface area contributed by atoms with E-state index in [1.165, 1.54) is 12.1 Å². The van der Waals surface area contributed by atoms with Gasteiger partial charge in [0.1, 0.15) is 19.3 Å². The van der Waals surface area contributed by atoms with Gasteiger partial charge in [-0.05, 0) is 45.5 Å². The third-order valence-electron chi connectivity index (χ3n) is 6.78. The minimum Gasteiger partial charge on any atom is -0.478 e. The van der Waals surface area contributed by atoms with Crippen molar-refractivity contribution in [3.63, 3.8) is 0 Å². The maximum absolute atomic E-state index is 13.0. The number of hydrogen-bond acceptors (Lipinski definition) is 5. The molecular weight excluding hydrogens is 494 g/mol. The van der Waals surface area contributed by atoms with Gasteiger partial charge in [0.15, 0.2) is 0 Å². The summed E-state index contributed by atoms with van der Waals surface area (Å²) in [7, 11) is 0. The van der Waals surface area contributed by atoms with Gasteiger partial charge >= 0.3 is 18.0 Å². The monoisotopic (exact) mass is 521 g/mol. The number of amides is 1. The molecule has 0 saturated heterocycles. The molecule has 0 saturated carbocycles. The van der Waals surface area contributed by atoms with Crippen LogP contribution in [0.15, 0.2) is 103 Å². The minimum atomic E-state index is -1.03. The summed E-state index contributed by atoms with van der Waals surface area (Å²) in [4.78, 5) is 37.0. The number of ether oxygens (including phenoxy) is 2. The fourth-order valence-corrected chi connectivity index (χ4v) is 4.82. The third kappa shape index (κ3) is 5.99. The summed E-state index contributed by atoms with van der Waals surface area (Å²) in [6, 6.07) is 30.5. The number of alkyl carbamates (subject to hydrolysis) is 1. The first kappa shape index (κ1) is 25.7. The van der Waals surface area contributed by atoms with Crippen LogP contribution in [0, 0.1) is 0 Å². The molecule has 1 aliphatic rings. The van der Waals surface area contributed by atoms with Crippen LogP contribution < -0.4 is 5.32 Å². The number of nitrogens with one attached hydrogen (secondary N) is 1. The van der Waals surface area contributed by atoms with Crippen molar-refractivity contribution in [2.24, 2.45) is 0 Å². The Kier molecular flexibility index (Phi) is 7.68. The smallest absolute Gasteiger partial charge is 0.407 e. The van der Waals surface area contributed by atoms with Crippen LogP contribution in [-0.2, 0) is 27.3 Å². The van der Waals surface area contributed by atoms with Gasteiger partial charge < -0.3 is 19.9 Å². The lowest BCUT2D eigenvalue weighted by Crippen LogP contribution is -2.43. The Morgan fingerprint density at radius 1 is 0.718 bits per heavy atom. The largest absolute Gasteiger partial charge is 0.478 e. The molecule has 4 aromatic rings. The summed E-state index contributed by atoms with van der Waals surface area (Å²) in [6.45, 7) is 0.0687. The van der Waals surface area contributed by atoms with Gasteiger partial charge in [0, 0.05) is 12.3 Å². The second-order valence-corrected chi connectivity index (χ2v) is 9.32. The van der Waals surface area contributed by atoms with E-state index in [2.05, 4.69) is 17.4 Å². The highest BCUT2D eigenvalue weighted by Gasteiger charge is 2.30. The highest BCUT2D eigenvalue weighted by Crippen LogP contribution is 2.44. The van der Waals surface area contributed by atoms with E-state index in [-0.39, 0.29) is 31.1 Å². The maximum atomic E-state index is 13.0. The molecule has 5 rings (SSSR count). The number of benzene rings is 4. The van der Waals surface area contributed by atoms with Crippen molar-refractivity contribution in [2.45, 2.75) is 25.0 Å². The Morgan fingerprint density at radius 2 is 1.31 bits per heavy atom. The lowest BCUT2D eigenvalue weighted by molar-refractivity contribution is -0.147. The number of rotatable bonds is 9. The van der Waals surface area contributed by atoms with Gasteiger partial charge in [0.25, 0.3) is 0 Å². The van der Waals surface area contributed by atoms with Crippen LogP contribution in [0.4, 0.5) is 4.79 Å². The lowest BCUT2D eigenvalue weighted by atomic mass is 9.98. The van der Waals surface area contributed by atoms with Crippen LogP contribution in [-0.4, -0.2) is 35.8 Å². The molecular formula is C32H27NO6. The number of carboxylic acids is 1. The van der Waals surface area contributed by atoms with E-state index in [1.807, 2.05) is 66.7 Å². The molecule has 2 N–H and O–H groups in total. The van der Waals surface area contributed by atoms with E-state index in [9.17, 15) is 14.4 Å². The first-order valence-corrected chi connectivity index (χ1v) is 12.6. The topological polar surface area (TPSA) is 102 Å². The van der Waals surface area contributed by atoms with Crippen LogP contribution in [0.25, 0.3) is 11.1 Å². The number of carboxylic acid groups (broad SMARTS) is 1. The molecule has 0 aliphatic heterocycles. The predicted octanol–water partition coefficient (Wildman–Crippen LogP) is 5.58. The molecule has 196 valence electrons. The van der Waals surface area contributed by atoms with E-state index in [0.29, 0.717) is 5.56 Å². The number of hydrogen-bond donors (Lipinski definition) is 2. The van der Waals surface area contributed by atoms with Crippen molar-refractivity contribution in [3.8, 4) is 11.1 Å². The molecule has 1 aliphatic carbocycles. The standard InChI is InChI=1S/C32H27NO6/c34-30(35)23-16-14-22(15-17-23)19-38-31(36)29(18-21-8-2-1-3-9-21)33-32(37)39-20-28-26-12-6-4-10-24(26)25-11-5-7-13-27(25)28/h1-17,28-29H,18-20H2,(H,33,37)(H,34,35)/t29-/m0/s1. The van der Waals surface area contributed by atoms with Gasteiger partial charge in [-0.2, -0.15) is 0 Å². The van der Waals surface area contributed by atoms with Gasteiger partial charge in [0.2, 0.25) is 0 Å². The molecule has 0 radical (unpaired) electrons. The highest BCUT2D eigenvalue weighted by molar-refractivity contribution is 5.87. The van der Waals surface area contributed by atoms with Crippen molar-refractivity contribution >= 4 is 18.0 Å². The van der Waals surface area contributed by atoms with Gasteiger partial charge in [-0.25, -0.2) is 14.4 Å². The molecule has 7 heteroatoms. The van der Waals surface area contributed by atoms with E-state index in [1.54, 1.807) is 12.1 Å². The first-order chi connectivity index (χ1) is 19.0. The van der Waals surface area contributed by atoms with Crippen LogP contribution in [0.1, 0.15) is 38.5 Å². The molecule has 4 aromatic carbocycles. The number of carbonyl (C=O) groups excluding carboxylic acids is 2. The zero-order valence-electron chi connectivity index (χ0n) is 21.1. The molecule has 1 atom stereocenters. The zero-order valence-corrected chi connectivity index (χ0v) is 21.1. The maximum Gasteiger partial charge on any atom is 0.407 e. The third-order valence-corrected chi connectivity index (χ3v) is 6.78. The lowest BCUT2D eigenvalue weighted by Gasteiger charge is -2.19. The Labute approximate surface area is 226 Å².